The molecule has 1 amide bonds. The topological polar surface area (TPSA) is 93.1 Å². The van der Waals surface area contributed by atoms with Gasteiger partial charge in [0.05, 0.1) is 18.1 Å². The van der Waals surface area contributed by atoms with Gasteiger partial charge < -0.3 is 25.3 Å². The zero-order chi connectivity index (χ0) is 20.7. The van der Waals surface area contributed by atoms with Gasteiger partial charge in [0.15, 0.2) is 0 Å². The third-order valence-electron chi connectivity index (χ3n) is 6.39. The molecule has 4 heterocycles. The van der Waals surface area contributed by atoms with Crippen LogP contribution in [0, 0.1) is 11.8 Å². The van der Waals surface area contributed by atoms with Crippen molar-refractivity contribution in [3.05, 3.63) is 35.0 Å². The molecule has 3 N–H and O–H groups in total. The van der Waals surface area contributed by atoms with Crippen LogP contribution in [0.2, 0.25) is 0 Å². The van der Waals surface area contributed by atoms with Crippen molar-refractivity contribution in [3.63, 3.8) is 0 Å². The molecule has 29 heavy (non-hydrogen) atoms. The molecule has 0 aromatic carbocycles. The fourth-order valence-electron chi connectivity index (χ4n) is 4.82. The lowest BCUT2D eigenvalue weighted by Crippen LogP contribution is -2.63. The summed E-state index contributed by atoms with van der Waals surface area (Å²) in [4.78, 5) is 28.8. The van der Waals surface area contributed by atoms with Gasteiger partial charge in [0, 0.05) is 41.7 Å². The number of rotatable bonds is 6. The minimum Gasteiger partial charge on any atom is -0.477 e. The second-order valence-electron chi connectivity index (χ2n) is 8.37. The van der Waals surface area contributed by atoms with Crippen molar-refractivity contribution in [2.45, 2.75) is 50.1 Å². The van der Waals surface area contributed by atoms with Gasteiger partial charge in [-0.05, 0) is 26.0 Å². The van der Waals surface area contributed by atoms with Crippen molar-refractivity contribution in [3.8, 4) is 0 Å². The van der Waals surface area contributed by atoms with Gasteiger partial charge in [-0.15, -0.1) is 11.8 Å². The molecular weight excluding hydrogens is 390 g/mol. The number of carbonyl (C=O) groups is 2. The Morgan fingerprint density at radius 3 is 2.66 bits per heavy atom. The first-order chi connectivity index (χ1) is 13.9. The van der Waals surface area contributed by atoms with E-state index in [1.54, 1.807) is 18.7 Å². The number of piperidine rings is 1. The lowest BCUT2D eigenvalue weighted by atomic mass is 9.79. The average molecular weight is 420 g/mol. The molecule has 0 bridgehead atoms. The SMILES string of the molecule is C[C@@H](O)[C@H]1C(=O)N2C(C(=O)O)=C(SC3CCC(/C=C/N4CC=CC4)NC3)[C@H](C)[C@H]12. The molecule has 0 spiro atoms. The fourth-order valence-corrected chi connectivity index (χ4v) is 6.26. The van der Waals surface area contributed by atoms with Crippen LogP contribution in [-0.2, 0) is 9.59 Å². The van der Waals surface area contributed by atoms with Crippen LogP contribution in [0.15, 0.2) is 35.0 Å². The Morgan fingerprint density at radius 2 is 2.07 bits per heavy atom. The molecule has 0 aromatic rings. The molecule has 0 radical (unpaired) electrons. The Kier molecular flexibility index (Phi) is 5.77. The van der Waals surface area contributed by atoms with E-state index in [0.29, 0.717) is 6.04 Å². The first kappa shape index (κ1) is 20.5. The number of carboxylic acids is 1. The standard InChI is InChI=1S/C21H29N3O4S/c1-12-17-16(13(2)25)20(26)24(17)18(21(27)28)19(12)29-15-6-5-14(22-11-15)7-10-23-8-3-4-9-23/h3-4,7,10,12-17,22,25H,5-6,8-9,11H2,1-2H3,(H,27,28)/b10-7+/t12-,13-,14?,15?,16-,17-/m1/s1. The number of thioether (sulfide) groups is 1. The van der Waals surface area contributed by atoms with Crippen LogP contribution in [0.4, 0.5) is 0 Å². The van der Waals surface area contributed by atoms with Crippen LogP contribution < -0.4 is 5.32 Å². The summed E-state index contributed by atoms with van der Waals surface area (Å²) < 4.78 is 0. The Morgan fingerprint density at radius 1 is 1.34 bits per heavy atom. The van der Waals surface area contributed by atoms with Gasteiger partial charge in [0.2, 0.25) is 5.91 Å². The number of carboxylic acid groups (broad SMARTS) is 1. The molecule has 6 atom stereocenters. The molecule has 2 saturated heterocycles. The maximum Gasteiger partial charge on any atom is 0.353 e. The molecule has 0 aliphatic carbocycles. The van der Waals surface area contributed by atoms with E-state index in [-0.39, 0.29) is 28.8 Å². The molecule has 0 aromatic heterocycles. The number of hydrogen-bond acceptors (Lipinski definition) is 6. The molecule has 4 aliphatic rings. The molecule has 0 saturated carbocycles. The van der Waals surface area contributed by atoms with Gasteiger partial charge in [-0.3, -0.25) is 4.79 Å². The largest absolute Gasteiger partial charge is 0.477 e. The Balaban J connectivity index is 1.39. The van der Waals surface area contributed by atoms with Gasteiger partial charge in [0.1, 0.15) is 5.70 Å². The average Bonchev–Trinajstić information content (AvgIpc) is 3.27. The third-order valence-corrected chi connectivity index (χ3v) is 7.94. The third kappa shape index (κ3) is 3.73. The van der Waals surface area contributed by atoms with Crippen molar-refractivity contribution in [2.24, 2.45) is 11.8 Å². The first-order valence-electron chi connectivity index (χ1n) is 10.3. The maximum absolute atomic E-state index is 12.4. The predicted molar refractivity (Wildman–Crippen MR) is 112 cm³/mol. The summed E-state index contributed by atoms with van der Waals surface area (Å²) in [7, 11) is 0. The van der Waals surface area contributed by atoms with Gasteiger partial charge in [-0.25, -0.2) is 4.79 Å². The highest BCUT2D eigenvalue weighted by Crippen LogP contribution is 2.51. The van der Waals surface area contributed by atoms with Crippen molar-refractivity contribution >= 4 is 23.6 Å². The second-order valence-corrected chi connectivity index (χ2v) is 9.71. The van der Waals surface area contributed by atoms with E-state index in [9.17, 15) is 19.8 Å². The Labute approximate surface area is 175 Å². The summed E-state index contributed by atoms with van der Waals surface area (Å²) in [6, 6.07) is 0.0971. The normalized spacial score (nSPS) is 35.4. The number of aliphatic carboxylic acids is 1. The van der Waals surface area contributed by atoms with Crippen LogP contribution in [0.3, 0.4) is 0 Å². The molecule has 2 unspecified atom stereocenters. The molecular formula is C21H29N3O4S. The van der Waals surface area contributed by atoms with E-state index in [2.05, 4.69) is 34.6 Å². The number of aliphatic hydroxyl groups is 1. The van der Waals surface area contributed by atoms with Crippen LogP contribution in [-0.4, -0.2) is 75.0 Å². The smallest absolute Gasteiger partial charge is 0.353 e. The lowest BCUT2D eigenvalue weighted by molar-refractivity contribution is -0.163. The quantitative estimate of drug-likeness (QED) is 0.442. The van der Waals surface area contributed by atoms with Crippen molar-refractivity contribution in [1.29, 1.82) is 0 Å². The molecule has 7 nitrogen and oxygen atoms in total. The van der Waals surface area contributed by atoms with Crippen LogP contribution in [0.5, 0.6) is 0 Å². The number of nitrogens with zero attached hydrogens (tertiary/aromatic N) is 2. The Hall–Kier alpha value is -1.77. The number of β-lactam (4-membered cyclic amide) rings is 1. The van der Waals surface area contributed by atoms with Crippen molar-refractivity contribution in [2.75, 3.05) is 19.6 Å². The fraction of sp³-hybridized carbons (Fsp3) is 0.619. The molecule has 4 rings (SSSR count). The minimum absolute atomic E-state index is 0.0660. The highest BCUT2D eigenvalue weighted by Gasteiger charge is 2.60. The number of fused-ring (bicyclic) bond motifs is 1. The monoisotopic (exact) mass is 419 g/mol. The first-order valence-corrected chi connectivity index (χ1v) is 11.2. The summed E-state index contributed by atoms with van der Waals surface area (Å²) in [5.41, 5.74) is 0.123. The summed E-state index contributed by atoms with van der Waals surface area (Å²) in [5.74, 6) is -1.89. The maximum atomic E-state index is 12.4. The Bertz CT molecular complexity index is 762. The van der Waals surface area contributed by atoms with Gasteiger partial charge >= 0.3 is 5.97 Å². The van der Waals surface area contributed by atoms with Gasteiger partial charge in [-0.2, -0.15) is 0 Å². The van der Waals surface area contributed by atoms with E-state index in [1.807, 2.05) is 6.92 Å². The minimum atomic E-state index is -1.05. The summed E-state index contributed by atoms with van der Waals surface area (Å²) in [6.45, 7) is 6.32. The highest BCUT2D eigenvalue weighted by molar-refractivity contribution is 8.03. The van der Waals surface area contributed by atoms with E-state index < -0.39 is 18.0 Å². The summed E-state index contributed by atoms with van der Waals surface area (Å²) >= 11 is 1.60. The highest BCUT2D eigenvalue weighted by atomic mass is 32.2. The molecule has 4 aliphatic heterocycles. The summed E-state index contributed by atoms with van der Waals surface area (Å²) in [5, 5.41) is 23.5. The van der Waals surface area contributed by atoms with E-state index >= 15 is 0 Å². The second kappa shape index (κ2) is 8.16. The van der Waals surface area contributed by atoms with Gasteiger partial charge in [-0.1, -0.05) is 25.2 Å². The van der Waals surface area contributed by atoms with E-state index in [1.165, 1.54) is 4.90 Å². The van der Waals surface area contributed by atoms with E-state index in [4.69, 9.17) is 0 Å². The number of aliphatic hydroxyl groups excluding tert-OH is 1. The predicted octanol–water partition coefficient (Wildman–Crippen LogP) is 1.38. The zero-order valence-corrected chi connectivity index (χ0v) is 17.6. The van der Waals surface area contributed by atoms with Crippen molar-refractivity contribution < 1.29 is 19.8 Å². The zero-order valence-electron chi connectivity index (χ0n) is 16.8. The van der Waals surface area contributed by atoms with Crippen LogP contribution in [0.1, 0.15) is 26.7 Å². The number of amides is 1. The van der Waals surface area contributed by atoms with Crippen LogP contribution >= 0.6 is 11.8 Å². The number of carbonyl (C=O) groups excluding carboxylic acids is 1. The van der Waals surface area contributed by atoms with Crippen LogP contribution in [0.25, 0.3) is 0 Å². The molecule has 8 heteroatoms. The lowest BCUT2D eigenvalue weighted by Gasteiger charge is -2.46. The number of hydrogen-bond donors (Lipinski definition) is 3. The van der Waals surface area contributed by atoms with E-state index in [0.717, 1.165) is 37.4 Å². The molecule has 2 fully saturated rings. The van der Waals surface area contributed by atoms with Crippen molar-refractivity contribution in [1.82, 2.24) is 15.1 Å². The number of nitrogens with one attached hydrogen (secondary N) is 1. The molecule has 158 valence electrons. The summed E-state index contributed by atoms with van der Waals surface area (Å²) in [6.07, 6.45) is 9.93. The van der Waals surface area contributed by atoms with Gasteiger partial charge in [0.25, 0.3) is 0 Å².